The fraction of sp³-hybridized carbons (Fsp3) is 0.235. The van der Waals surface area contributed by atoms with Crippen LogP contribution in [0.15, 0.2) is 36.4 Å². The van der Waals surface area contributed by atoms with Crippen molar-refractivity contribution in [1.82, 2.24) is 0 Å². The van der Waals surface area contributed by atoms with E-state index >= 15 is 0 Å². The fourth-order valence-electron chi connectivity index (χ4n) is 2.50. The average molecular weight is 288 g/mol. The minimum atomic E-state index is -0.635. The molecule has 0 aromatic heterocycles. The molecule has 1 aliphatic carbocycles. The highest BCUT2D eigenvalue weighted by Gasteiger charge is 2.17. The highest BCUT2D eigenvalue weighted by atomic mass is 19.1. The molecule has 0 aliphatic heterocycles. The molecule has 0 radical (unpaired) electrons. The van der Waals surface area contributed by atoms with Crippen LogP contribution in [0.3, 0.4) is 0 Å². The van der Waals surface area contributed by atoms with Crippen molar-refractivity contribution in [3.8, 4) is 5.75 Å². The van der Waals surface area contributed by atoms with Gasteiger partial charge in [-0.3, -0.25) is 4.79 Å². The van der Waals surface area contributed by atoms with Gasteiger partial charge in [0.1, 0.15) is 24.0 Å². The zero-order valence-corrected chi connectivity index (χ0v) is 11.4. The molecule has 0 spiro atoms. The summed E-state index contributed by atoms with van der Waals surface area (Å²) in [6.07, 6.45) is 2.34. The summed E-state index contributed by atoms with van der Waals surface area (Å²) < 4.78 is 31.9. The first kappa shape index (κ1) is 13.7. The van der Waals surface area contributed by atoms with E-state index in [9.17, 15) is 13.6 Å². The summed E-state index contributed by atoms with van der Waals surface area (Å²) in [5.74, 6) is -0.609. The summed E-state index contributed by atoms with van der Waals surface area (Å²) >= 11 is 0. The van der Waals surface area contributed by atoms with Gasteiger partial charge in [-0.25, -0.2) is 8.78 Å². The molecule has 4 heteroatoms. The Morgan fingerprint density at radius 1 is 1.05 bits per heavy atom. The summed E-state index contributed by atoms with van der Waals surface area (Å²) in [5.41, 5.74) is 2.00. The van der Waals surface area contributed by atoms with Crippen molar-refractivity contribution in [3.05, 3.63) is 64.7 Å². The van der Waals surface area contributed by atoms with E-state index in [1.165, 1.54) is 12.1 Å². The smallest absolute Gasteiger partial charge is 0.163 e. The lowest BCUT2D eigenvalue weighted by Gasteiger charge is -2.16. The molecule has 0 amide bonds. The van der Waals surface area contributed by atoms with Crippen LogP contribution in [-0.2, 0) is 13.0 Å². The van der Waals surface area contributed by atoms with E-state index in [0.717, 1.165) is 24.5 Å². The zero-order chi connectivity index (χ0) is 14.8. The summed E-state index contributed by atoms with van der Waals surface area (Å²) in [6, 6.07) is 8.74. The molecule has 2 nitrogen and oxygen atoms in total. The Hall–Kier alpha value is -2.23. The largest absolute Gasteiger partial charge is 0.489 e. The number of benzene rings is 2. The summed E-state index contributed by atoms with van der Waals surface area (Å²) in [7, 11) is 0. The Kier molecular flexibility index (Phi) is 3.69. The van der Waals surface area contributed by atoms with Gasteiger partial charge in [-0.15, -0.1) is 0 Å². The Morgan fingerprint density at radius 3 is 2.71 bits per heavy atom. The lowest BCUT2D eigenvalue weighted by atomic mass is 9.90. The first-order valence-electron chi connectivity index (χ1n) is 6.86. The highest BCUT2D eigenvalue weighted by Crippen LogP contribution is 2.26. The number of aryl methyl sites for hydroxylation is 1. The van der Waals surface area contributed by atoms with E-state index in [4.69, 9.17) is 4.74 Å². The minimum absolute atomic E-state index is 0.000902. The highest BCUT2D eigenvalue weighted by molar-refractivity contribution is 5.98. The number of ether oxygens (including phenoxy) is 1. The van der Waals surface area contributed by atoms with E-state index < -0.39 is 11.6 Å². The summed E-state index contributed by atoms with van der Waals surface area (Å²) in [5, 5.41) is 0. The number of hydrogen-bond donors (Lipinski definition) is 0. The number of fused-ring (bicyclic) bond motifs is 1. The van der Waals surface area contributed by atoms with E-state index in [1.807, 2.05) is 6.07 Å². The molecule has 108 valence electrons. The third-order valence-electron chi connectivity index (χ3n) is 3.64. The van der Waals surface area contributed by atoms with Crippen molar-refractivity contribution in [1.29, 1.82) is 0 Å². The lowest BCUT2D eigenvalue weighted by molar-refractivity contribution is 0.0972. The fourth-order valence-corrected chi connectivity index (χ4v) is 2.50. The third-order valence-corrected chi connectivity index (χ3v) is 3.64. The summed E-state index contributed by atoms with van der Waals surface area (Å²) in [6.45, 7) is -0.000902. The van der Waals surface area contributed by atoms with E-state index in [2.05, 4.69) is 0 Å². The lowest BCUT2D eigenvalue weighted by Crippen LogP contribution is -2.11. The molecule has 21 heavy (non-hydrogen) atoms. The van der Waals surface area contributed by atoms with Crippen molar-refractivity contribution in [3.63, 3.8) is 0 Å². The average Bonchev–Trinajstić information content (AvgIpc) is 2.47. The molecule has 0 saturated carbocycles. The van der Waals surface area contributed by atoms with Crippen LogP contribution in [0.4, 0.5) is 8.78 Å². The van der Waals surface area contributed by atoms with Crippen molar-refractivity contribution in [2.24, 2.45) is 0 Å². The normalized spacial score (nSPS) is 13.9. The van der Waals surface area contributed by atoms with Gasteiger partial charge in [-0.05, 0) is 42.7 Å². The second kappa shape index (κ2) is 5.64. The Bertz CT molecular complexity index is 695. The van der Waals surface area contributed by atoms with Gasteiger partial charge >= 0.3 is 0 Å². The predicted octanol–water partition coefficient (Wildman–Crippen LogP) is 4.06. The standard InChI is InChI=1S/C17H14F2O2/c18-13-6-4-12(16(19)8-13)10-21-14-7-5-11-2-1-3-17(20)15(11)9-14/h4-9H,1-3,10H2. The topological polar surface area (TPSA) is 26.3 Å². The Labute approximate surface area is 121 Å². The van der Waals surface area contributed by atoms with Gasteiger partial charge in [-0.2, -0.15) is 0 Å². The maximum absolute atomic E-state index is 13.5. The van der Waals surface area contributed by atoms with Crippen LogP contribution in [0.5, 0.6) is 5.75 Å². The van der Waals surface area contributed by atoms with Gasteiger partial charge in [-0.1, -0.05) is 6.07 Å². The molecule has 0 saturated heterocycles. The SMILES string of the molecule is O=C1CCCc2ccc(OCc3ccc(F)cc3F)cc21. The first-order valence-corrected chi connectivity index (χ1v) is 6.86. The molecule has 0 fully saturated rings. The van der Waals surface area contributed by atoms with Gasteiger partial charge in [0.15, 0.2) is 5.78 Å². The first-order chi connectivity index (χ1) is 10.1. The van der Waals surface area contributed by atoms with Gasteiger partial charge in [0.05, 0.1) is 0 Å². The van der Waals surface area contributed by atoms with E-state index in [1.54, 1.807) is 12.1 Å². The van der Waals surface area contributed by atoms with Crippen LogP contribution in [-0.4, -0.2) is 5.78 Å². The molecular weight excluding hydrogens is 274 g/mol. The number of halogens is 2. The molecule has 0 N–H and O–H groups in total. The van der Waals surface area contributed by atoms with Crippen LogP contribution in [0.25, 0.3) is 0 Å². The number of carbonyl (C=O) groups is 1. The molecular formula is C17H14F2O2. The molecule has 3 rings (SSSR count). The van der Waals surface area contributed by atoms with Gasteiger partial charge in [0.2, 0.25) is 0 Å². The second-order valence-corrected chi connectivity index (χ2v) is 5.12. The van der Waals surface area contributed by atoms with Gasteiger partial charge < -0.3 is 4.74 Å². The van der Waals surface area contributed by atoms with Gasteiger partial charge in [0.25, 0.3) is 0 Å². The predicted molar refractivity (Wildman–Crippen MR) is 74.4 cm³/mol. The van der Waals surface area contributed by atoms with Crippen LogP contribution >= 0.6 is 0 Å². The molecule has 2 aromatic rings. The van der Waals surface area contributed by atoms with Crippen LogP contribution in [0.2, 0.25) is 0 Å². The quantitative estimate of drug-likeness (QED) is 0.851. The number of carbonyl (C=O) groups excluding carboxylic acids is 1. The van der Waals surface area contributed by atoms with Crippen LogP contribution < -0.4 is 4.74 Å². The van der Waals surface area contributed by atoms with Crippen LogP contribution in [0, 0.1) is 11.6 Å². The Balaban J connectivity index is 1.76. The van der Waals surface area contributed by atoms with Crippen molar-refractivity contribution in [2.75, 3.05) is 0 Å². The maximum atomic E-state index is 13.5. The molecule has 0 heterocycles. The molecule has 2 aromatic carbocycles. The number of rotatable bonds is 3. The van der Waals surface area contributed by atoms with Crippen molar-refractivity contribution < 1.29 is 18.3 Å². The molecule has 0 unspecified atom stereocenters. The minimum Gasteiger partial charge on any atom is -0.489 e. The summed E-state index contributed by atoms with van der Waals surface area (Å²) in [4.78, 5) is 11.8. The maximum Gasteiger partial charge on any atom is 0.163 e. The number of hydrogen-bond acceptors (Lipinski definition) is 2. The number of ketones is 1. The Morgan fingerprint density at radius 2 is 1.90 bits per heavy atom. The molecule has 1 aliphatic rings. The second-order valence-electron chi connectivity index (χ2n) is 5.12. The molecule has 0 bridgehead atoms. The monoisotopic (exact) mass is 288 g/mol. The van der Waals surface area contributed by atoms with Crippen LogP contribution in [0.1, 0.15) is 34.3 Å². The molecule has 0 atom stereocenters. The van der Waals surface area contributed by atoms with E-state index in [0.29, 0.717) is 17.7 Å². The zero-order valence-electron chi connectivity index (χ0n) is 11.4. The van der Waals surface area contributed by atoms with Crippen molar-refractivity contribution >= 4 is 5.78 Å². The van der Waals surface area contributed by atoms with Gasteiger partial charge in [0, 0.05) is 23.6 Å². The number of Topliss-reactive ketones (excluding diaryl/α,β-unsaturated/α-hetero) is 1. The van der Waals surface area contributed by atoms with E-state index in [-0.39, 0.29) is 18.0 Å². The third kappa shape index (κ3) is 2.94. The van der Waals surface area contributed by atoms with Crippen molar-refractivity contribution in [2.45, 2.75) is 25.9 Å².